The largest absolute Gasteiger partial charge is 0.482 e. The van der Waals surface area contributed by atoms with E-state index in [1.54, 1.807) is 79.7 Å². The maximum atomic E-state index is 12.4. The van der Waals surface area contributed by atoms with Gasteiger partial charge in [-0.2, -0.15) is 0 Å². The molecule has 0 saturated heterocycles. The molecule has 0 saturated carbocycles. The molecule has 0 aliphatic heterocycles. The van der Waals surface area contributed by atoms with Crippen LogP contribution in [-0.4, -0.2) is 24.1 Å². The van der Waals surface area contributed by atoms with Gasteiger partial charge in [0.15, 0.2) is 18.2 Å². The Morgan fingerprint density at radius 3 is 1.86 bits per heavy atom. The van der Waals surface area contributed by atoms with Gasteiger partial charge < -0.3 is 9.47 Å². The molecule has 3 rings (SSSR count). The fourth-order valence-electron chi connectivity index (χ4n) is 2.67. The Labute approximate surface area is 168 Å². The number of carbonyl (C=O) groups excluding carboxylic acids is 3. The van der Waals surface area contributed by atoms with E-state index in [1.807, 2.05) is 6.07 Å². The van der Waals surface area contributed by atoms with Gasteiger partial charge in [-0.1, -0.05) is 37.3 Å². The molecule has 3 aromatic rings. The van der Waals surface area contributed by atoms with Gasteiger partial charge in [0.25, 0.3) is 0 Å². The summed E-state index contributed by atoms with van der Waals surface area (Å²) in [4.78, 5) is 36.0. The molecule has 0 aliphatic rings. The van der Waals surface area contributed by atoms with Gasteiger partial charge in [-0.3, -0.25) is 9.59 Å². The van der Waals surface area contributed by atoms with Gasteiger partial charge in [0.05, 0.1) is 0 Å². The Morgan fingerprint density at radius 1 is 0.690 bits per heavy atom. The molecule has 0 bridgehead atoms. The number of hydrogen-bond acceptors (Lipinski definition) is 5. The molecule has 29 heavy (non-hydrogen) atoms. The van der Waals surface area contributed by atoms with E-state index >= 15 is 0 Å². The van der Waals surface area contributed by atoms with E-state index in [0.29, 0.717) is 34.6 Å². The highest BCUT2D eigenvalue weighted by Crippen LogP contribution is 2.17. The number of ether oxygens (including phenoxy) is 2. The first-order chi connectivity index (χ1) is 14.1. The van der Waals surface area contributed by atoms with Crippen LogP contribution in [0.3, 0.4) is 0 Å². The molecule has 0 N–H and O–H groups in total. The lowest BCUT2D eigenvalue weighted by molar-refractivity contribution is -0.136. The number of hydrogen-bond donors (Lipinski definition) is 0. The standard InChI is InChI=1S/C24H20O5/c1-2-22(25)17-8-12-20(13-9-17)28-16-23(26)29-21-14-10-19(11-15-21)24(27)18-6-4-3-5-7-18/h3-15H,2,16H2,1H3. The SMILES string of the molecule is CCC(=O)c1ccc(OCC(=O)Oc2ccc(C(=O)c3ccccc3)cc2)cc1. The zero-order valence-corrected chi connectivity index (χ0v) is 16.0. The van der Waals surface area contributed by atoms with Crippen LogP contribution in [0.5, 0.6) is 11.5 Å². The van der Waals surface area contributed by atoms with E-state index in [2.05, 4.69) is 0 Å². The third kappa shape index (κ3) is 5.39. The average molecular weight is 388 g/mol. The number of esters is 1. The minimum absolute atomic E-state index is 0.0464. The van der Waals surface area contributed by atoms with Gasteiger partial charge in [0.2, 0.25) is 0 Å². The summed E-state index contributed by atoms with van der Waals surface area (Å²) in [6.45, 7) is 1.53. The molecule has 0 spiro atoms. The monoisotopic (exact) mass is 388 g/mol. The second-order valence-electron chi connectivity index (χ2n) is 6.28. The molecule has 146 valence electrons. The van der Waals surface area contributed by atoms with Gasteiger partial charge >= 0.3 is 5.97 Å². The van der Waals surface area contributed by atoms with E-state index in [1.165, 1.54) is 0 Å². The minimum Gasteiger partial charge on any atom is -0.482 e. The lowest BCUT2D eigenvalue weighted by atomic mass is 10.0. The molecular formula is C24H20O5. The normalized spacial score (nSPS) is 10.2. The van der Waals surface area contributed by atoms with E-state index in [0.717, 1.165) is 0 Å². The van der Waals surface area contributed by atoms with Crippen molar-refractivity contribution in [3.63, 3.8) is 0 Å². The van der Waals surface area contributed by atoms with Gasteiger partial charge in [-0.05, 0) is 48.5 Å². The van der Waals surface area contributed by atoms with Gasteiger partial charge in [-0.15, -0.1) is 0 Å². The maximum Gasteiger partial charge on any atom is 0.349 e. The molecule has 0 aromatic heterocycles. The highest BCUT2D eigenvalue weighted by atomic mass is 16.6. The van der Waals surface area contributed by atoms with Crippen LogP contribution in [0.2, 0.25) is 0 Å². The first-order valence-electron chi connectivity index (χ1n) is 9.23. The van der Waals surface area contributed by atoms with Crippen LogP contribution >= 0.6 is 0 Å². The van der Waals surface area contributed by atoms with Crippen LogP contribution in [-0.2, 0) is 4.79 Å². The second-order valence-corrected chi connectivity index (χ2v) is 6.28. The van der Waals surface area contributed by atoms with E-state index in [9.17, 15) is 14.4 Å². The zero-order valence-electron chi connectivity index (χ0n) is 16.0. The summed E-state index contributed by atoms with van der Waals surface area (Å²) in [6, 6.07) is 21.9. The van der Waals surface area contributed by atoms with Crippen molar-refractivity contribution in [2.75, 3.05) is 6.61 Å². The van der Waals surface area contributed by atoms with Crippen molar-refractivity contribution >= 4 is 17.5 Å². The Hall–Kier alpha value is -3.73. The zero-order chi connectivity index (χ0) is 20.6. The first kappa shape index (κ1) is 20.0. The first-order valence-corrected chi connectivity index (χ1v) is 9.23. The molecule has 0 amide bonds. The molecular weight excluding hydrogens is 368 g/mol. The van der Waals surface area contributed by atoms with Crippen molar-refractivity contribution in [3.8, 4) is 11.5 Å². The Bertz CT molecular complexity index is 990. The van der Waals surface area contributed by atoms with E-state index in [4.69, 9.17) is 9.47 Å². The summed E-state index contributed by atoms with van der Waals surface area (Å²) < 4.78 is 10.6. The molecule has 0 aliphatic carbocycles. The predicted octanol–water partition coefficient (Wildman–Crippen LogP) is 4.49. The smallest absolute Gasteiger partial charge is 0.349 e. The van der Waals surface area contributed by atoms with Gasteiger partial charge in [0, 0.05) is 23.1 Å². The summed E-state index contributed by atoms with van der Waals surface area (Å²) in [6.07, 6.45) is 0.433. The summed E-state index contributed by atoms with van der Waals surface area (Å²) in [5, 5.41) is 0. The third-order valence-electron chi connectivity index (χ3n) is 4.24. The molecule has 5 nitrogen and oxygen atoms in total. The summed E-state index contributed by atoms with van der Waals surface area (Å²) in [5.41, 5.74) is 1.71. The summed E-state index contributed by atoms with van der Waals surface area (Å²) >= 11 is 0. The summed E-state index contributed by atoms with van der Waals surface area (Å²) in [5.74, 6) is 0.174. The fourth-order valence-corrected chi connectivity index (χ4v) is 2.67. The molecule has 0 fully saturated rings. The lowest BCUT2D eigenvalue weighted by Crippen LogP contribution is -2.17. The third-order valence-corrected chi connectivity index (χ3v) is 4.24. The number of Topliss-reactive ketones (excluding diaryl/α,β-unsaturated/α-hetero) is 1. The van der Waals surface area contributed by atoms with Crippen LogP contribution in [0.15, 0.2) is 78.9 Å². The van der Waals surface area contributed by atoms with Crippen molar-refractivity contribution in [1.29, 1.82) is 0 Å². The number of rotatable bonds is 8. The predicted molar refractivity (Wildman–Crippen MR) is 109 cm³/mol. The van der Waals surface area contributed by atoms with Gasteiger partial charge in [0.1, 0.15) is 11.5 Å². The highest BCUT2D eigenvalue weighted by Gasteiger charge is 2.11. The van der Waals surface area contributed by atoms with Crippen molar-refractivity contribution < 1.29 is 23.9 Å². The van der Waals surface area contributed by atoms with Crippen LogP contribution in [0.4, 0.5) is 0 Å². The molecule has 0 unspecified atom stereocenters. The fraction of sp³-hybridized carbons (Fsp3) is 0.125. The highest BCUT2D eigenvalue weighted by molar-refractivity contribution is 6.09. The number of ketones is 2. The molecule has 5 heteroatoms. The minimum atomic E-state index is -0.569. The van der Waals surface area contributed by atoms with Crippen LogP contribution in [0, 0.1) is 0 Å². The second kappa shape index (κ2) is 9.46. The Kier molecular flexibility index (Phi) is 6.53. The van der Waals surface area contributed by atoms with Crippen LogP contribution in [0.25, 0.3) is 0 Å². The van der Waals surface area contributed by atoms with E-state index < -0.39 is 5.97 Å². The van der Waals surface area contributed by atoms with Gasteiger partial charge in [-0.25, -0.2) is 4.79 Å². The number of carbonyl (C=O) groups is 3. The van der Waals surface area contributed by atoms with Crippen molar-refractivity contribution in [2.24, 2.45) is 0 Å². The summed E-state index contributed by atoms with van der Waals surface area (Å²) in [7, 11) is 0. The van der Waals surface area contributed by atoms with Crippen LogP contribution < -0.4 is 9.47 Å². The van der Waals surface area contributed by atoms with E-state index in [-0.39, 0.29) is 18.2 Å². The molecule has 0 radical (unpaired) electrons. The molecule has 0 atom stereocenters. The maximum absolute atomic E-state index is 12.4. The molecule has 0 heterocycles. The molecule has 3 aromatic carbocycles. The van der Waals surface area contributed by atoms with Crippen LogP contribution in [0.1, 0.15) is 39.6 Å². The van der Waals surface area contributed by atoms with Crippen molar-refractivity contribution in [1.82, 2.24) is 0 Å². The Morgan fingerprint density at radius 2 is 1.24 bits per heavy atom. The topological polar surface area (TPSA) is 69.7 Å². The average Bonchev–Trinajstić information content (AvgIpc) is 2.78. The van der Waals surface area contributed by atoms with Crippen molar-refractivity contribution in [2.45, 2.75) is 13.3 Å². The van der Waals surface area contributed by atoms with Crippen molar-refractivity contribution in [3.05, 3.63) is 95.6 Å². The quantitative estimate of drug-likeness (QED) is 0.323. The lowest BCUT2D eigenvalue weighted by Gasteiger charge is -2.08. The Balaban J connectivity index is 1.53. The number of benzene rings is 3.